The van der Waals surface area contributed by atoms with E-state index in [-0.39, 0.29) is 11.7 Å². The lowest BCUT2D eigenvalue weighted by molar-refractivity contribution is -0.151. The van der Waals surface area contributed by atoms with Gasteiger partial charge in [0.1, 0.15) is 11.8 Å². The van der Waals surface area contributed by atoms with Crippen LogP contribution in [0, 0.1) is 29.0 Å². The fraction of sp³-hybridized carbons (Fsp3) is 0.185. The van der Waals surface area contributed by atoms with E-state index in [1.807, 2.05) is 62.4 Å². The molecule has 0 radical (unpaired) electrons. The van der Waals surface area contributed by atoms with E-state index in [0.29, 0.717) is 11.3 Å². The second-order valence-electron chi connectivity index (χ2n) is 7.59. The number of carbonyl (C=O) groups is 1. The molecule has 0 heterocycles. The molecule has 3 aromatic rings. The van der Waals surface area contributed by atoms with Gasteiger partial charge in [0, 0.05) is 5.56 Å². The largest absolute Gasteiger partial charge is 0.454 e. The number of nitrogens with zero attached hydrogens (tertiary/aromatic N) is 1. The van der Waals surface area contributed by atoms with Gasteiger partial charge in [0.2, 0.25) is 6.10 Å². The number of hydrogen-bond donors (Lipinski definition) is 0. The van der Waals surface area contributed by atoms with Crippen LogP contribution < -0.4 is 4.74 Å². The number of rotatable bonds is 8. The third-order valence-electron chi connectivity index (χ3n) is 4.87. The van der Waals surface area contributed by atoms with Crippen molar-refractivity contribution >= 4 is 12.0 Å². The number of carbonyl (C=O) groups excluding carboxylic acids is 1. The summed E-state index contributed by atoms with van der Waals surface area (Å²) in [7, 11) is 0. The summed E-state index contributed by atoms with van der Waals surface area (Å²) in [5.41, 5.74) is 1.30. The fourth-order valence-electron chi connectivity index (χ4n) is 3.09. The second-order valence-corrected chi connectivity index (χ2v) is 7.59. The zero-order valence-corrected chi connectivity index (χ0v) is 17.9. The molecule has 0 aliphatic carbocycles. The summed E-state index contributed by atoms with van der Waals surface area (Å²) < 4.78 is 25.4. The SMILES string of the molecule is CC(C)C(C=Cc1ccccc1)C(=O)OC(C#N)c1ccc(F)c(Oc2ccccc2)c1. The van der Waals surface area contributed by atoms with E-state index in [4.69, 9.17) is 9.47 Å². The van der Waals surface area contributed by atoms with Gasteiger partial charge in [-0.3, -0.25) is 4.79 Å². The first-order chi connectivity index (χ1) is 15.5. The van der Waals surface area contributed by atoms with Crippen LogP contribution in [0.3, 0.4) is 0 Å². The minimum Gasteiger partial charge on any atom is -0.454 e. The van der Waals surface area contributed by atoms with Gasteiger partial charge in [-0.15, -0.1) is 0 Å². The van der Waals surface area contributed by atoms with Crippen molar-refractivity contribution < 1.29 is 18.7 Å². The number of para-hydroxylation sites is 1. The Morgan fingerprint density at radius 2 is 1.66 bits per heavy atom. The van der Waals surface area contributed by atoms with Crippen molar-refractivity contribution in [3.8, 4) is 17.6 Å². The van der Waals surface area contributed by atoms with Crippen LogP contribution in [0.15, 0.2) is 84.9 Å². The van der Waals surface area contributed by atoms with Gasteiger partial charge in [0.15, 0.2) is 11.6 Å². The summed E-state index contributed by atoms with van der Waals surface area (Å²) in [4.78, 5) is 12.9. The van der Waals surface area contributed by atoms with E-state index in [2.05, 4.69) is 0 Å². The quantitative estimate of drug-likeness (QED) is 0.373. The Morgan fingerprint density at radius 1 is 1.00 bits per heavy atom. The Hall–Kier alpha value is -3.91. The van der Waals surface area contributed by atoms with Gasteiger partial charge in [0.25, 0.3) is 0 Å². The van der Waals surface area contributed by atoms with E-state index < -0.39 is 23.8 Å². The molecule has 0 amide bonds. The molecule has 3 rings (SSSR count). The average molecular weight is 429 g/mol. The van der Waals surface area contributed by atoms with Crippen molar-refractivity contribution in [1.29, 1.82) is 5.26 Å². The Kier molecular flexibility index (Phi) is 7.77. The molecule has 0 aromatic heterocycles. The zero-order valence-electron chi connectivity index (χ0n) is 17.9. The molecule has 0 aliphatic rings. The van der Waals surface area contributed by atoms with Gasteiger partial charge < -0.3 is 9.47 Å². The highest BCUT2D eigenvalue weighted by Crippen LogP contribution is 2.30. The highest BCUT2D eigenvalue weighted by Gasteiger charge is 2.26. The highest BCUT2D eigenvalue weighted by atomic mass is 19.1. The van der Waals surface area contributed by atoms with Crippen LogP contribution >= 0.6 is 0 Å². The van der Waals surface area contributed by atoms with E-state index in [0.717, 1.165) is 5.56 Å². The normalized spacial score (nSPS) is 12.8. The molecule has 0 N–H and O–H groups in total. The number of halogens is 1. The molecule has 2 unspecified atom stereocenters. The lowest BCUT2D eigenvalue weighted by Crippen LogP contribution is -2.22. The smallest absolute Gasteiger partial charge is 0.314 e. The van der Waals surface area contributed by atoms with E-state index in [1.165, 1.54) is 18.2 Å². The fourth-order valence-corrected chi connectivity index (χ4v) is 3.09. The van der Waals surface area contributed by atoms with Gasteiger partial charge in [-0.05, 0) is 35.7 Å². The van der Waals surface area contributed by atoms with Crippen molar-refractivity contribution in [2.45, 2.75) is 20.0 Å². The van der Waals surface area contributed by atoms with Crippen molar-refractivity contribution in [2.24, 2.45) is 11.8 Å². The predicted octanol–water partition coefficient (Wildman–Crippen LogP) is 6.71. The molecule has 2 atom stereocenters. The Labute approximate surface area is 187 Å². The molecule has 0 spiro atoms. The van der Waals surface area contributed by atoms with Crippen LogP contribution in [0.1, 0.15) is 31.1 Å². The first-order valence-electron chi connectivity index (χ1n) is 10.3. The molecule has 0 aliphatic heterocycles. The molecule has 5 heteroatoms. The number of hydrogen-bond acceptors (Lipinski definition) is 4. The summed E-state index contributed by atoms with van der Waals surface area (Å²) in [5, 5.41) is 9.63. The minimum atomic E-state index is -1.19. The van der Waals surface area contributed by atoms with Crippen LogP contribution in [-0.4, -0.2) is 5.97 Å². The third kappa shape index (κ3) is 6.05. The van der Waals surface area contributed by atoms with Crippen LogP contribution in [0.2, 0.25) is 0 Å². The molecule has 4 nitrogen and oxygen atoms in total. The molecule has 0 saturated heterocycles. The molecule has 32 heavy (non-hydrogen) atoms. The lowest BCUT2D eigenvalue weighted by atomic mass is 9.94. The monoisotopic (exact) mass is 429 g/mol. The van der Waals surface area contributed by atoms with E-state index >= 15 is 0 Å². The third-order valence-corrected chi connectivity index (χ3v) is 4.87. The van der Waals surface area contributed by atoms with Crippen molar-refractivity contribution in [1.82, 2.24) is 0 Å². The van der Waals surface area contributed by atoms with Gasteiger partial charge in [-0.1, -0.05) is 80.6 Å². The number of benzene rings is 3. The van der Waals surface area contributed by atoms with Crippen LogP contribution in [0.5, 0.6) is 11.5 Å². The summed E-state index contributed by atoms with van der Waals surface area (Å²) in [6, 6.07) is 24.3. The number of esters is 1. The molecular formula is C27H24FNO3. The Balaban J connectivity index is 1.77. The summed E-state index contributed by atoms with van der Waals surface area (Å²) in [5.74, 6) is -1.26. The number of nitriles is 1. The van der Waals surface area contributed by atoms with Gasteiger partial charge in [-0.25, -0.2) is 4.39 Å². The second kappa shape index (κ2) is 10.9. The molecule has 0 bridgehead atoms. The van der Waals surface area contributed by atoms with Gasteiger partial charge in [0.05, 0.1) is 5.92 Å². The summed E-state index contributed by atoms with van der Waals surface area (Å²) in [6.45, 7) is 3.82. The van der Waals surface area contributed by atoms with Crippen molar-refractivity contribution in [3.05, 3.63) is 102 Å². The summed E-state index contributed by atoms with van der Waals surface area (Å²) in [6.07, 6.45) is 2.45. The highest BCUT2D eigenvalue weighted by molar-refractivity contribution is 5.76. The van der Waals surface area contributed by atoms with Gasteiger partial charge >= 0.3 is 5.97 Å². The standard InChI is InChI=1S/C27H24FNO3/c1-19(2)23(15-13-20-9-5-3-6-10-20)27(30)32-26(18-29)21-14-16-24(28)25(17-21)31-22-11-7-4-8-12-22/h3-17,19,23,26H,1-2H3. The van der Waals surface area contributed by atoms with E-state index in [9.17, 15) is 14.4 Å². The Morgan fingerprint density at radius 3 is 2.28 bits per heavy atom. The minimum absolute atomic E-state index is 0.0352. The first-order valence-corrected chi connectivity index (χ1v) is 10.3. The maximum Gasteiger partial charge on any atom is 0.314 e. The van der Waals surface area contributed by atoms with Crippen LogP contribution in [0.4, 0.5) is 4.39 Å². The summed E-state index contributed by atoms with van der Waals surface area (Å²) >= 11 is 0. The number of ether oxygens (including phenoxy) is 2. The van der Waals surface area contributed by atoms with Crippen LogP contribution in [0.25, 0.3) is 6.08 Å². The maximum atomic E-state index is 14.3. The predicted molar refractivity (Wildman–Crippen MR) is 121 cm³/mol. The van der Waals surface area contributed by atoms with Gasteiger partial charge in [-0.2, -0.15) is 5.26 Å². The first kappa shape index (κ1) is 22.8. The molecular weight excluding hydrogens is 405 g/mol. The van der Waals surface area contributed by atoms with Crippen molar-refractivity contribution in [2.75, 3.05) is 0 Å². The zero-order chi connectivity index (χ0) is 22.9. The lowest BCUT2D eigenvalue weighted by Gasteiger charge is -2.19. The van der Waals surface area contributed by atoms with E-state index in [1.54, 1.807) is 30.3 Å². The Bertz CT molecular complexity index is 1100. The average Bonchev–Trinajstić information content (AvgIpc) is 2.80. The van der Waals surface area contributed by atoms with Crippen molar-refractivity contribution in [3.63, 3.8) is 0 Å². The molecule has 0 saturated carbocycles. The topological polar surface area (TPSA) is 59.3 Å². The maximum absolute atomic E-state index is 14.3. The van der Waals surface area contributed by atoms with Crippen LogP contribution in [-0.2, 0) is 9.53 Å². The molecule has 162 valence electrons. The molecule has 0 fully saturated rings. The molecule has 3 aromatic carbocycles.